The van der Waals surface area contributed by atoms with Crippen molar-refractivity contribution in [2.24, 2.45) is 11.8 Å². The van der Waals surface area contributed by atoms with Gasteiger partial charge in [-0.3, -0.25) is 14.4 Å². The highest BCUT2D eigenvalue weighted by atomic mass is 16.5. The minimum Gasteiger partial charge on any atom is -0.395 e. The van der Waals surface area contributed by atoms with Gasteiger partial charge < -0.3 is 29.6 Å². The summed E-state index contributed by atoms with van der Waals surface area (Å²) < 4.78 is 6.87. The lowest BCUT2D eigenvalue weighted by atomic mass is 9.70. The molecule has 45 heavy (non-hydrogen) atoms. The van der Waals surface area contributed by atoms with Gasteiger partial charge in [-0.05, 0) is 43.2 Å². The summed E-state index contributed by atoms with van der Waals surface area (Å²) in [5, 5.41) is 21.3. The van der Waals surface area contributed by atoms with Crippen LogP contribution in [-0.4, -0.2) is 64.2 Å². The molecule has 0 unspecified atom stereocenters. The van der Waals surface area contributed by atoms with Crippen LogP contribution in [0.4, 0.5) is 11.4 Å². The van der Waals surface area contributed by atoms with E-state index in [2.05, 4.69) is 0 Å². The second-order valence-corrected chi connectivity index (χ2v) is 13.0. The maximum absolute atomic E-state index is 14.7. The first kappa shape index (κ1) is 31.0. The monoisotopic (exact) mass is 611 g/mol. The van der Waals surface area contributed by atoms with Crippen LogP contribution >= 0.6 is 0 Å². The number of ether oxygens (including phenoxy) is 1. The maximum Gasteiger partial charge on any atom is 0.264 e. The first-order chi connectivity index (χ1) is 21.5. The zero-order valence-corrected chi connectivity index (χ0v) is 26.1. The van der Waals surface area contributed by atoms with Crippen LogP contribution in [0.5, 0.6) is 0 Å². The molecule has 2 saturated heterocycles. The van der Waals surface area contributed by atoms with Gasteiger partial charge in [0, 0.05) is 49.1 Å². The molecule has 9 nitrogen and oxygen atoms in total. The Bertz CT molecular complexity index is 1570. The Balaban J connectivity index is 1.39. The Labute approximate surface area is 264 Å². The predicted molar refractivity (Wildman–Crippen MR) is 170 cm³/mol. The highest BCUT2D eigenvalue weighted by molar-refractivity contribution is 6.09. The molecular weight excluding hydrogens is 570 g/mol. The molecule has 0 radical (unpaired) electrons. The molecule has 0 aliphatic carbocycles. The van der Waals surface area contributed by atoms with Crippen molar-refractivity contribution in [3.8, 4) is 0 Å². The number of carbonyl (C=O) groups excluding carboxylic acids is 3. The molecule has 3 aromatic rings. The number of hydrogen-bond acceptors (Lipinski definition) is 6. The second-order valence-electron chi connectivity index (χ2n) is 13.0. The zero-order valence-electron chi connectivity index (χ0n) is 26.1. The summed E-state index contributed by atoms with van der Waals surface area (Å²) in [6.07, 6.45) is -0.377. The van der Waals surface area contributed by atoms with E-state index in [1.165, 1.54) is 0 Å². The number of anilines is 2. The van der Waals surface area contributed by atoms with Crippen molar-refractivity contribution in [2.45, 2.75) is 64.0 Å². The van der Waals surface area contributed by atoms with E-state index in [0.717, 1.165) is 11.1 Å². The summed E-state index contributed by atoms with van der Waals surface area (Å²) >= 11 is 0. The lowest BCUT2D eigenvalue weighted by Gasteiger charge is -2.35. The van der Waals surface area contributed by atoms with E-state index in [1.807, 2.05) is 85.8 Å². The molecule has 1 spiro atoms. The Morgan fingerprint density at radius 3 is 2.27 bits per heavy atom. The standard InChI is InChI=1S/C36H41N3O6/c1-24-33(35(2,3)44)30(21-32(42)37(18-19-40)22-25-10-6-4-7-11-25)45-36(24)28-20-27(38-17-16-31(38)41)14-15-29(28)39(34(36)43)23-26-12-8-5-9-13-26/h4-15,20,24,30,33,40,44H,16-19,21-23H2,1-3H3/t24-,30+,33-,36+/m1/s1. The van der Waals surface area contributed by atoms with Gasteiger partial charge in [-0.2, -0.15) is 0 Å². The Hall–Kier alpha value is -4.05. The van der Waals surface area contributed by atoms with E-state index in [-0.39, 0.29) is 37.3 Å². The molecule has 3 heterocycles. The molecular formula is C36H41N3O6. The largest absolute Gasteiger partial charge is 0.395 e. The van der Waals surface area contributed by atoms with Crippen molar-refractivity contribution in [1.82, 2.24) is 4.90 Å². The number of aliphatic hydroxyl groups is 2. The molecule has 3 aromatic carbocycles. The molecule has 3 amide bonds. The van der Waals surface area contributed by atoms with E-state index in [1.54, 1.807) is 28.5 Å². The SMILES string of the molecule is C[C@@H]1[C@@H](C(C)(C)O)[C@H](CC(=O)N(CCO)Cc2ccccc2)O[C@@]12C(=O)N(Cc1ccccc1)c1ccc(N3CCC3=O)cc12. The van der Waals surface area contributed by atoms with Gasteiger partial charge in [0.2, 0.25) is 11.8 Å². The van der Waals surface area contributed by atoms with Crippen LogP contribution in [0.2, 0.25) is 0 Å². The number of amides is 3. The number of aliphatic hydroxyl groups excluding tert-OH is 1. The summed E-state index contributed by atoms with van der Waals surface area (Å²) in [6, 6.07) is 24.9. The normalized spacial score (nSPS) is 24.2. The van der Waals surface area contributed by atoms with Gasteiger partial charge >= 0.3 is 0 Å². The molecule has 0 aromatic heterocycles. The van der Waals surface area contributed by atoms with Gasteiger partial charge in [-0.25, -0.2) is 0 Å². The van der Waals surface area contributed by atoms with Gasteiger partial charge in [-0.15, -0.1) is 0 Å². The highest BCUT2D eigenvalue weighted by Gasteiger charge is 2.66. The third-order valence-corrected chi connectivity index (χ3v) is 9.63. The van der Waals surface area contributed by atoms with Crippen molar-refractivity contribution >= 4 is 29.1 Å². The fraction of sp³-hybridized carbons (Fsp3) is 0.417. The lowest BCUT2D eigenvalue weighted by molar-refractivity contribution is -0.150. The van der Waals surface area contributed by atoms with Crippen LogP contribution in [0.15, 0.2) is 78.9 Å². The number of hydrogen-bond donors (Lipinski definition) is 2. The van der Waals surface area contributed by atoms with Crippen LogP contribution in [0.3, 0.4) is 0 Å². The number of rotatable bonds is 10. The van der Waals surface area contributed by atoms with Crippen LogP contribution in [0.25, 0.3) is 0 Å². The van der Waals surface area contributed by atoms with Crippen molar-refractivity contribution in [3.63, 3.8) is 0 Å². The van der Waals surface area contributed by atoms with E-state index in [4.69, 9.17) is 4.74 Å². The third kappa shape index (κ3) is 5.54. The van der Waals surface area contributed by atoms with E-state index in [0.29, 0.717) is 43.0 Å². The average molecular weight is 612 g/mol. The Morgan fingerprint density at radius 1 is 1.02 bits per heavy atom. The van der Waals surface area contributed by atoms with E-state index < -0.39 is 29.1 Å². The summed E-state index contributed by atoms with van der Waals surface area (Å²) in [4.78, 5) is 46.0. The predicted octanol–water partition coefficient (Wildman–Crippen LogP) is 4.00. The first-order valence-corrected chi connectivity index (χ1v) is 15.7. The second kappa shape index (κ2) is 12.0. The van der Waals surface area contributed by atoms with E-state index in [9.17, 15) is 24.6 Å². The van der Waals surface area contributed by atoms with Crippen LogP contribution in [-0.2, 0) is 37.8 Å². The third-order valence-electron chi connectivity index (χ3n) is 9.63. The quantitative estimate of drug-likeness (QED) is 0.336. The molecule has 3 aliphatic rings. The van der Waals surface area contributed by atoms with Crippen molar-refractivity contribution < 1.29 is 29.3 Å². The number of nitrogens with zero attached hydrogens (tertiary/aromatic N) is 3. The van der Waals surface area contributed by atoms with Gasteiger partial charge in [0.25, 0.3) is 5.91 Å². The van der Waals surface area contributed by atoms with Gasteiger partial charge in [0.1, 0.15) is 0 Å². The zero-order chi connectivity index (χ0) is 31.9. The first-order valence-electron chi connectivity index (χ1n) is 15.7. The topological polar surface area (TPSA) is 111 Å². The molecule has 3 aliphatic heterocycles. The Kier molecular flexibility index (Phi) is 8.28. The number of benzene rings is 3. The Morgan fingerprint density at radius 2 is 1.69 bits per heavy atom. The molecule has 2 fully saturated rings. The van der Waals surface area contributed by atoms with Crippen molar-refractivity contribution in [1.29, 1.82) is 0 Å². The van der Waals surface area contributed by atoms with Crippen LogP contribution < -0.4 is 9.80 Å². The number of fused-ring (bicyclic) bond motifs is 2. The number of β-lactam (4-membered cyclic amide) rings is 1. The summed E-state index contributed by atoms with van der Waals surface area (Å²) in [5.41, 5.74) is 1.17. The fourth-order valence-electron chi connectivity index (χ4n) is 7.46. The molecule has 4 atom stereocenters. The average Bonchev–Trinajstić information content (AvgIpc) is 3.43. The van der Waals surface area contributed by atoms with Crippen molar-refractivity contribution in [3.05, 3.63) is 95.6 Å². The van der Waals surface area contributed by atoms with Gasteiger partial charge in [0.05, 0.1) is 37.0 Å². The minimum absolute atomic E-state index is 0.0232. The summed E-state index contributed by atoms with van der Waals surface area (Å²) in [5.74, 6) is -1.54. The number of carbonyl (C=O) groups is 3. The lowest BCUT2D eigenvalue weighted by Crippen LogP contribution is -2.46. The summed E-state index contributed by atoms with van der Waals surface area (Å²) in [7, 11) is 0. The van der Waals surface area contributed by atoms with Gasteiger partial charge in [-0.1, -0.05) is 67.6 Å². The minimum atomic E-state index is -1.47. The molecule has 0 bridgehead atoms. The van der Waals surface area contributed by atoms with Crippen LogP contribution in [0.1, 0.15) is 50.3 Å². The molecule has 6 rings (SSSR count). The highest BCUT2D eigenvalue weighted by Crippen LogP contribution is 2.58. The maximum atomic E-state index is 14.7. The van der Waals surface area contributed by atoms with Crippen LogP contribution in [0, 0.1) is 11.8 Å². The fourth-order valence-corrected chi connectivity index (χ4v) is 7.46. The molecule has 236 valence electrons. The molecule has 0 saturated carbocycles. The molecule has 9 heteroatoms. The van der Waals surface area contributed by atoms with Crippen molar-refractivity contribution in [2.75, 3.05) is 29.5 Å². The van der Waals surface area contributed by atoms with Gasteiger partial charge in [0.15, 0.2) is 5.60 Å². The molecule has 2 N–H and O–H groups in total. The summed E-state index contributed by atoms with van der Waals surface area (Å²) in [6.45, 7) is 6.50. The smallest absolute Gasteiger partial charge is 0.264 e. The van der Waals surface area contributed by atoms with E-state index >= 15 is 0 Å².